The van der Waals surface area contributed by atoms with Gasteiger partial charge in [0.05, 0.1) is 12.5 Å². The molecule has 0 aromatic carbocycles. The van der Waals surface area contributed by atoms with Crippen LogP contribution in [0.25, 0.3) is 0 Å². The van der Waals surface area contributed by atoms with Gasteiger partial charge in [-0.3, -0.25) is 4.79 Å². The lowest BCUT2D eigenvalue weighted by Gasteiger charge is -2.39. The van der Waals surface area contributed by atoms with Crippen molar-refractivity contribution in [2.45, 2.75) is 63.5 Å². The SMILES string of the molecule is O=C1N(CCC2CCCCC2)CCC[C@]1(O)CNCc1ccoc1. The summed E-state index contributed by atoms with van der Waals surface area (Å²) in [4.78, 5) is 14.6. The molecule has 2 heterocycles. The Kier molecular flexibility index (Phi) is 5.95. The van der Waals surface area contributed by atoms with Crippen LogP contribution in [0.2, 0.25) is 0 Å². The van der Waals surface area contributed by atoms with Crippen LogP contribution in [0, 0.1) is 5.92 Å². The second-order valence-corrected chi connectivity index (χ2v) is 7.46. The zero-order chi connectivity index (χ0) is 16.8. The average molecular weight is 334 g/mol. The van der Waals surface area contributed by atoms with Gasteiger partial charge in [0, 0.05) is 31.7 Å². The maximum absolute atomic E-state index is 12.7. The molecule has 1 saturated carbocycles. The highest BCUT2D eigenvalue weighted by Crippen LogP contribution is 2.28. The van der Waals surface area contributed by atoms with Crippen LogP contribution in [0.15, 0.2) is 23.0 Å². The average Bonchev–Trinajstić information content (AvgIpc) is 3.11. The molecule has 0 unspecified atom stereocenters. The molecular formula is C19H30N2O3. The molecule has 1 atom stereocenters. The van der Waals surface area contributed by atoms with E-state index in [2.05, 4.69) is 5.32 Å². The van der Waals surface area contributed by atoms with Crippen molar-refractivity contribution in [2.75, 3.05) is 19.6 Å². The summed E-state index contributed by atoms with van der Waals surface area (Å²) in [5.74, 6) is 0.671. The highest BCUT2D eigenvalue weighted by molar-refractivity contribution is 5.86. The molecule has 134 valence electrons. The summed E-state index contributed by atoms with van der Waals surface area (Å²) in [6.07, 6.45) is 12.5. The van der Waals surface area contributed by atoms with Crippen molar-refractivity contribution in [3.05, 3.63) is 24.2 Å². The normalized spacial score (nSPS) is 26.0. The predicted octanol–water partition coefficient (Wildman–Crippen LogP) is 2.69. The van der Waals surface area contributed by atoms with Crippen LogP contribution in [-0.4, -0.2) is 41.1 Å². The quantitative estimate of drug-likeness (QED) is 0.805. The molecule has 5 nitrogen and oxygen atoms in total. The summed E-state index contributed by atoms with van der Waals surface area (Å²) in [7, 11) is 0. The van der Waals surface area contributed by atoms with E-state index in [1.54, 1.807) is 12.5 Å². The molecule has 2 fully saturated rings. The van der Waals surface area contributed by atoms with Crippen molar-refractivity contribution >= 4 is 5.91 Å². The van der Waals surface area contributed by atoms with E-state index in [9.17, 15) is 9.90 Å². The van der Waals surface area contributed by atoms with Gasteiger partial charge in [0.15, 0.2) is 5.60 Å². The number of nitrogens with one attached hydrogen (secondary N) is 1. The summed E-state index contributed by atoms with van der Waals surface area (Å²) in [6, 6.07) is 1.89. The third-order valence-corrected chi connectivity index (χ3v) is 5.56. The number of aliphatic hydroxyl groups is 1. The van der Waals surface area contributed by atoms with Gasteiger partial charge in [0.2, 0.25) is 0 Å². The molecule has 24 heavy (non-hydrogen) atoms. The van der Waals surface area contributed by atoms with Crippen molar-refractivity contribution in [1.29, 1.82) is 0 Å². The first-order chi connectivity index (χ1) is 11.7. The number of nitrogens with zero attached hydrogens (tertiary/aromatic N) is 1. The summed E-state index contributed by atoms with van der Waals surface area (Å²) in [5, 5.41) is 14.0. The fourth-order valence-corrected chi connectivity index (χ4v) is 4.06. The molecule has 0 radical (unpaired) electrons. The van der Waals surface area contributed by atoms with E-state index in [0.29, 0.717) is 19.5 Å². The predicted molar refractivity (Wildman–Crippen MR) is 92.4 cm³/mol. The number of furan rings is 1. The van der Waals surface area contributed by atoms with Gasteiger partial charge in [-0.2, -0.15) is 0 Å². The third-order valence-electron chi connectivity index (χ3n) is 5.56. The van der Waals surface area contributed by atoms with E-state index in [1.165, 1.54) is 32.1 Å². The van der Waals surface area contributed by atoms with Crippen LogP contribution in [0.3, 0.4) is 0 Å². The van der Waals surface area contributed by atoms with Crippen LogP contribution in [0.1, 0.15) is 56.9 Å². The number of hydrogen-bond donors (Lipinski definition) is 2. The minimum Gasteiger partial charge on any atom is -0.472 e. The number of likely N-dealkylation sites (tertiary alicyclic amines) is 1. The lowest BCUT2D eigenvalue weighted by Crippen LogP contribution is -2.58. The van der Waals surface area contributed by atoms with E-state index < -0.39 is 5.60 Å². The largest absolute Gasteiger partial charge is 0.472 e. The lowest BCUT2D eigenvalue weighted by atomic mass is 9.86. The second kappa shape index (κ2) is 8.17. The van der Waals surface area contributed by atoms with Crippen LogP contribution in [-0.2, 0) is 11.3 Å². The molecule has 0 bridgehead atoms. The van der Waals surface area contributed by atoms with Crippen molar-refractivity contribution in [1.82, 2.24) is 10.2 Å². The number of piperidine rings is 1. The molecule has 1 aromatic heterocycles. The molecular weight excluding hydrogens is 304 g/mol. The summed E-state index contributed by atoms with van der Waals surface area (Å²) in [6.45, 7) is 2.49. The first-order valence-electron chi connectivity index (χ1n) is 9.41. The zero-order valence-corrected chi connectivity index (χ0v) is 14.5. The molecule has 2 N–H and O–H groups in total. The van der Waals surface area contributed by atoms with Crippen molar-refractivity contribution in [2.24, 2.45) is 5.92 Å². The van der Waals surface area contributed by atoms with Gasteiger partial charge in [-0.1, -0.05) is 32.1 Å². The molecule has 1 aliphatic carbocycles. The summed E-state index contributed by atoms with van der Waals surface area (Å²) < 4.78 is 5.03. The molecule has 1 aliphatic heterocycles. The van der Waals surface area contributed by atoms with Gasteiger partial charge < -0.3 is 19.7 Å². The topological polar surface area (TPSA) is 65.7 Å². The first kappa shape index (κ1) is 17.5. The highest BCUT2D eigenvalue weighted by atomic mass is 16.3. The highest BCUT2D eigenvalue weighted by Gasteiger charge is 2.41. The number of rotatable bonds is 7. The standard InChI is InChI=1S/C19H30N2O3/c22-18-19(23,15-20-13-17-8-12-24-14-17)9-4-10-21(18)11-7-16-5-2-1-3-6-16/h8,12,14,16,20,23H,1-7,9-11,13,15H2/t19-/m0/s1. The summed E-state index contributed by atoms with van der Waals surface area (Å²) >= 11 is 0. The van der Waals surface area contributed by atoms with Gasteiger partial charge in [0.25, 0.3) is 5.91 Å². The van der Waals surface area contributed by atoms with E-state index in [4.69, 9.17) is 4.42 Å². The Morgan fingerprint density at radius 3 is 2.88 bits per heavy atom. The minimum absolute atomic E-state index is 0.0933. The Balaban J connectivity index is 1.47. The van der Waals surface area contributed by atoms with E-state index in [1.807, 2.05) is 11.0 Å². The van der Waals surface area contributed by atoms with E-state index in [-0.39, 0.29) is 5.91 Å². The maximum atomic E-state index is 12.7. The van der Waals surface area contributed by atoms with Crippen LogP contribution in [0.5, 0.6) is 0 Å². The molecule has 1 saturated heterocycles. The van der Waals surface area contributed by atoms with Crippen molar-refractivity contribution in [3.8, 4) is 0 Å². The number of carbonyl (C=O) groups is 1. The molecule has 5 heteroatoms. The smallest absolute Gasteiger partial charge is 0.255 e. The van der Waals surface area contributed by atoms with E-state index >= 15 is 0 Å². The van der Waals surface area contributed by atoms with Crippen molar-refractivity contribution < 1.29 is 14.3 Å². The maximum Gasteiger partial charge on any atom is 0.255 e. The van der Waals surface area contributed by atoms with Gasteiger partial charge in [0.1, 0.15) is 0 Å². The summed E-state index contributed by atoms with van der Waals surface area (Å²) in [5.41, 5.74) is -0.231. The second-order valence-electron chi connectivity index (χ2n) is 7.46. The number of carbonyl (C=O) groups excluding carboxylic acids is 1. The molecule has 2 aliphatic rings. The van der Waals surface area contributed by atoms with Gasteiger partial charge in [-0.15, -0.1) is 0 Å². The zero-order valence-electron chi connectivity index (χ0n) is 14.5. The Hall–Kier alpha value is -1.33. The van der Waals surface area contributed by atoms with Gasteiger partial charge >= 0.3 is 0 Å². The van der Waals surface area contributed by atoms with Crippen molar-refractivity contribution in [3.63, 3.8) is 0 Å². The van der Waals surface area contributed by atoms with E-state index in [0.717, 1.165) is 37.4 Å². The first-order valence-corrected chi connectivity index (χ1v) is 9.41. The third kappa shape index (κ3) is 4.39. The molecule has 1 aromatic rings. The Bertz CT molecular complexity index is 511. The monoisotopic (exact) mass is 334 g/mol. The minimum atomic E-state index is -1.26. The van der Waals surface area contributed by atoms with Gasteiger partial charge in [-0.05, 0) is 31.2 Å². The molecule has 0 spiro atoms. The molecule has 3 rings (SSSR count). The fourth-order valence-electron chi connectivity index (χ4n) is 4.06. The Labute approximate surface area is 144 Å². The van der Waals surface area contributed by atoms with Gasteiger partial charge in [-0.25, -0.2) is 0 Å². The van der Waals surface area contributed by atoms with Crippen LogP contribution in [0.4, 0.5) is 0 Å². The lowest BCUT2D eigenvalue weighted by molar-refractivity contribution is -0.156. The van der Waals surface area contributed by atoms with Crippen LogP contribution >= 0.6 is 0 Å². The number of amides is 1. The van der Waals surface area contributed by atoms with Crippen LogP contribution < -0.4 is 5.32 Å². The Morgan fingerprint density at radius 1 is 1.29 bits per heavy atom. The molecule has 1 amide bonds. The fraction of sp³-hybridized carbons (Fsp3) is 0.737. The Morgan fingerprint density at radius 2 is 2.12 bits per heavy atom. The number of hydrogen-bond acceptors (Lipinski definition) is 4.